The molecule has 1 aromatic rings. The van der Waals surface area contributed by atoms with Crippen molar-refractivity contribution in [3.05, 3.63) is 23.3 Å². The number of aromatic nitrogens is 2. The zero-order valence-electron chi connectivity index (χ0n) is 16.7. The summed E-state index contributed by atoms with van der Waals surface area (Å²) in [5.74, 6) is 1.74. The number of piperidine rings is 1. The third-order valence-electron chi connectivity index (χ3n) is 6.60. The molecule has 3 aliphatic rings. The van der Waals surface area contributed by atoms with Crippen LogP contribution in [0.15, 0.2) is 6.20 Å². The van der Waals surface area contributed by atoms with Gasteiger partial charge in [-0.2, -0.15) is 0 Å². The molecule has 1 saturated heterocycles. The van der Waals surface area contributed by atoms with Gasteiger partial charge in [-0.25, -0.2) is 9.97 Å². The van der Waals surface area contributed by atoms with Gasteiger partial charge in [-0.15, -0.1) is 0 Å². The molecule has 1 aliphatic carbocycles. The normalized spacial score (nSPS) is 29.4. The van der Waals surface area contributed by atoms with Crippen LogP contribution >= 0.6 is 0 Å². The van der Waals surface area contributed by atoms with E-state index in [9.17, 15) is 4.79 Å². The van der Waals surface area contributed by atoms with Gasteiger partial charge in [-0.1, -0.05) is 0 Å². The molecule has 6 nitrogen and oxygen atoms in total. The van der Waals surface area contributed by atoms with Gasteiger partial charge in [-0.3, -0.25) is 4.79 Å². The lowest BCUT2D eigenvalue weighted by Gasteiger charge is -2.36. The molecule has 2 fully saturated rings. The van der Waals surface area contributed by atoms with Crippen LogP contribution in [0.1, 0.15) is 61.5 Å². The number of methoxy groups -OCH3 is 1. The van der Waals surface area contributed by atoms with Crippen molar-refractivity contribution in [2.24, 2.45) is 5.92 Å². The van der Waals surface area contributed by atoms with Gasteiger partial charge in [0, 0.05) is 69.0 Å². The van der Waals surface area contributed by atoms with E-state index in [2.05, 4.69) is 21.8 Å². The summed E-state index contributed by atoms with van der Waals surface area (Å²) in [7, 11) is 3.92. The molecule has 148 valence electrons. The molecule has 3 heterocycles. The number of likely N-dealkylation sites (N-methyl/N-ethyl adjacent to an activating group) is 1. The highest BCUT2D eigenvalue weighted by atomic mass is 16.5. The number of hydrogen-bond acceptors (Lipinski definition) is 5. The molecule has 1 saturated carbocycles. The lowest BCUT2D eigenvalue weighted by molar-refractivity contribution is -0.138. The molecular weight excluding hydrogens is 340 g/mol. The minimum atomic E-state index is 0.176. The Kier molecular flexibility index (Phi) is 5.74. The second kappa shape index (κ2) is 8.23. The smallest absolute Gasteiger partial charge is 0.225 e. The summed E-state index contributed by atoms with van der Waals surface area (Å²) in [4.78, 5) is 27.0. The summed E-state index contributed by atoms with van der Waals surface area (Å²) < 4.78 is 5.45. The van der Waals surface area contributed by atoms with Crippen LogP contribution in [0.5, 0.6) is 0 Å². The first-order valence-electron chi connectivity index (χ1n) is 10.5. The lowest BCUT2D eigenvalue weighted by Crippen LogP contribution is -2.44. The van der Waals surface area contributed by atoms with E-state index in [1.165, 1.54) is 11.3 Å². The van der Waals surface area contributed by atoms with Gasteiger partial charge in [0.15, 0.2) is 0 Å². The van der Waals surface area contributed by atoms with E-state index in [-0.39, 0.29) is 11.8 Å². The Hall–Kier alpha value is -1.53. The molecule has 0 bridgehead atoms. The number of nitrogens with zero attached hydrogens (tertiary/aromatic N) is 4. The predicted molar refractivity (Wildman–Crippen MR) is 103 cm³/mol. The maximum Gasteiger partial charge on any atom is 0.225 e. The van der Waals surface area contributed by atoms with E-state index in [1.807, 2.05) is 6.20 Å². The molecule has 0 N–H and O–H groups in total. The highest BCUT2D eigenvalue weighted by Crippen LogP contribution is 2.31. The minimum Gasteiger partial charge on any atom is -0.381 e. The zero-order chi connectivity index (χ0) is 18.8. The largest absolute Gasteiger partial charge is 0.381 e. The van der Waals surface area contributed by atoms with Gasteiger partial charge >= 0.3 is 0 Å². The first-order valence-corrected chi connectivity index (χ1v) is 10.5. The summed E-state index contributed by atoms with van der Waals surface area (Å²) in [5, 5.41) is 0. The third kappa shape index (κ3) is 4.16. The van der Waals surface area contributed by atoms with E-state index in [0.717, 1.165) is 76.9 Å². The second-order valence-electron chi connectivity index (χ2n) is 8.52. The molecule has 4 rings (SSSR count). The van der Waals surface area contributed by atoms with Crippen molar-refractivity contribution in [3.63, 3.8) is 0 Å². The molecule has 27 heavy (non-hydrogen) atoms. The van der Waals surface area contributed by atoms with Crippen LogP contribution in [0.3, 0.4) is 0 Å². The summed E-state index contributed by atoms with van der Waals surface area (Å²) in [6.07, 6.45) is 9.42. The molecule has 6 heteroatoms. The quantitative estimate of drug-likeness (QED) is 0.815. The van der Waals surface area contributed by atoms with E-state index in [4.69, 9.17) is 9.72 Å². The van der Waals surface area contributed by atoms with Crippen molar-refractivity contribution in [2.75, 3.05) is 33.8 Å². The van der Waals surface area contributed by atoms with Gasteiger partial charge < -0.3 is 14.5 Å². The standard InChI is InChI=1S/C21H32N4O2/c1-24-11-9-19-17(13-24)12-22-20(23-19)16-4-3-10-25(14-16)21(26)15-5-7-18(27-2)8-6-15/h12,15-16,18H,3-11,13-14H2,1-2H3/t15?,16-,18?/m1/s1. The van der Waals surface area contributed by atoms with E-state index >= 15 is 0 Å². The van der Waals surface area contributed by atoms with Crippen LogP contribution in [0.2, 0.25) is 0 Å². The van der Waals surface area contributed by atoms with Crippen LogP contribution in [0, 0.1) is 5.92 Å². The Balaban J connectivity index is 1.40. The van der Waals surface area contributed by atoms with Crippen molar-refractivity contribution in [1.82, 2.24) is 19.8 Å². The van der Waals surface area contributed by atoms with Crippen LogP contribution in [0.4, 0.5) is 0 Å². The zero-order valence-corrected chi connectivity index (χ0v) is 16.7. The first-order chi connectivity index (χ1) is 13.1. The SMILES string of the molecule is COC1CCC(C(=O)N2CCC[C@@H](c3ncc4c(n3)CCN(C)C4)C2)CC1. The van der Waals surface area contributed by atoms with Gasteiger partial charge in [0.1, 0.15) is 5.82 Å². The number of carbonyl (C=O) groups is 1. The molecule has 1 amide bonds. The lowest BCUT2D eigenvalue weighted by atomic mass is 9.85. The number of fused-ring (bicyclic) bond motifs is 1. The molecule has 0 aromatic carbocycles. The summed E-state index contributed by atoms with van der Waals surface area (Å²) in [6, 6.07) is 0. The second-order valence-corrected chi connectivity index (χ2v) is 8.52. The number of amides is 1. The van der Waals surface area contributed by atoms with Crippen LogP contribution in [-0.4, -0.2) is 65.6 Å². The average Bonchev–Trinajstić information content (AvgIpc) is 2.73. The molecule has 1 aromatic heterocycles. The van der Waals surface area contributed by atoms with Crippen molar-refractivity contribution in [1.29, 1.82) is 0 Å². The highest BCUT2D eigenvalue weighted by molar-refractivity contribution is 5.79. The highest BCUT2D eigenvalue weighted by Gasteiger charge is 2.33. The summed E-state index contributed by atoms with van der Waals surface area (Å²) in [5.41, 5.74) is 2.46. The molecular formula is C21H32N4O2. The van der Waals surface area contributed by atoms with Crippen molar-refractivity contribution >= 4 is 5.91 Å². The Morgan fingerprint density at radius 3 is 2.78 bits per heavy atom. The molecule has 0 unspecified atom stereocenters. The monoisotopic (exact) mass is 372 g/mol. The van der Waals surface area contributed by atoms with Crippen LogP contribution in [-0.2, 0) is 22.5 Å². The van der Waals surface area contributed by atoms with Gasteiger partial charge in [0.2, 0.25) is 5.91 Å². The van der Waals surface area contributed by atoms with Crippen LogP contribution < -0.4 is 0 Å². The number of likely N-dealkylation sites (tertiary alicyclic amines) is 1. The van der Waals surface area contributed by atoms with Crippen molar-refractivity contribution in [2.45, 2.75) is 63.5 Å². The van der Waals surface area contributed by atoms with Gasteiger partial charge in [0.25, 0.3) is 0 Å². The fourth-order valence-electron chi connectivity index (χ4n) is 4.86. The van der Waals surface area contributed by atoms with Crippen molar-refractivity contribution in [3.8, 4) is 0 Å². The fraction of sp³-hybridized carbons (Fsp3) is 0.762. The number of carbonyl (C=O) groups excluding carboxylic acids is 1. The maximum atomic E-state index is 13.0. The molecule has 0 spiro atoms. The van der Waals surface area contributed by atoms with Crippen LogP contribution in [0.25, 0.3) is 0 Å². The van der Waals surface area contributed by atoms with E-state index < -0.39 is 0 Å². The Morgan fingerprint density at radius 1 is 1.19 bits per heavy atom. The Bertz CT molecular complexity index is 672. The average molecular weight is 373 g/mol. The minimum absolute atomic E-state index is 0.176. The Morgan fingerprint density at radius 2 is 2.00 bits per heavy atom. The number of rotatable bonds is 3. The predicted octanol–water partition coefficient (Wildman–Crippen LogP) is 2.38. The van der Waals surface area contributed by atoms with Gasteiger partial charge in [0.05, 0.1) is 6.10 Å². The van der Waals surface area contributed by atoms with E-state index in [1.54, 1.807) is 7.11 Å². The molecule has 0 radical (unpaired) electrons. The van der Waals surface area contributed by atoms with E-state index in [0.29, 0.717) is 12.0 Å². The third-order valence-corrected chi connectivity index (χ3v) is 6.60. The summed E-state index contributed by atoms with van der Waals surface area (Å²) >= 11 is 0. The maximum absolute atomic E-state index is 13.0. The fourth-order valence-corrected chi connectivity index (χ4v) is 4.86. The van der Waals surface area contributed by atoms with Crippen molar-refractivity contribution < 1.29 is 9.53 Å². The first kappa shape index (κ1) is 18.8. The number of ether oxygens (including phenoxy) is 1. The molecule has 1 atom stereocenters. The van der Waals surface area contributed by atoms with Gasteiger partial charge in [-0.05, 0) is 45.6 Å². The topological polar surface area (TPSA) is 58.6 Å². The number of hydrogen-bond donors (Lipinski definition) is 0. The molecule has 2 aliphatic heterocycles. The summed E-state index contributed by atoms with van der Waals surface area (Å²) in [6.45, 7) is 3.66. The Labute approximate surface area is 162 Å².